The number of hydrogen-bond donors (Lipinski definition) is 0. The van der Waals surface area contributed by atoms with Crippen LogP contribution < -0.4 is 0 Å². The molecular weight excluding hydrogens is 566 g/mol. The van der Waals surface area contributed by atoms with Gasteiger partial charge in [-0.2, -0.15) is 0 Å². The third-order valence-corrected chi connectivity index (χ3v) is 6.58. The number of halogens is 3. The van der Waals surface area contributed by atoms with Gasteiger partial charge in [0.05, 0.1) is 0 Å². The first-order chi connectivity index (χ1) is 12.0. The first kappa shape index (κ1) is 22.1. The van der Waals surface area contributed by atoms with E-state index in [2.05, 4.69) is 52.8 Å². The van der Waals surface area contributed by atoms with Crippen molar-refractivity contribution in [3.05, 3.63) is 0 Å². The first-order valence-electron chi connectivity index (χ1n) is 7.44. The van der Waals surface area contributed by atoms with Gasteiger partial charge in [-0.05, 0) is 0 Å². The maximum Gasteiger partial charge on any atom is 0.303 e. The standard InChI is InChI=1S/C14H16Br3NO7S/c1-5(19)22-4-8-10(23-6(2)20)11(24-7(3)21)9-12(25-8)26-13(18-9)14(15,16)17/h8-12H,4H2,1-3H3/t8-,9-,10-,11-,12-/m1/s1. The summed E-state index contributed by atoms with van der Waals surface area (Å²) >= 11 is 11.5. The molecule has 0 amide bonds. The summed E-state index contributed by atoms with van der Waals surface area (Å²) in [6, 6.07) is -0.594. The molecule has 2 aliphatic heterocycles. The first-order valence-corrected chi connectivity index (χ1v) is 10.7. The van der Waals surface area contributed by atoms with Gasteiger partial charge in [-0.3, -0.25) is 19.4 Å². The molecule has 146 valence electrons. The lowest BCUT2D eigenvalue weighted by Gasteiger charge is -2.41. The predicted molar refractivity (Wildman–Crippen MR) is 105 cm³/mol. The van der Waals surface area contributed by atoms with Crippen LogP contribution in [0.4, 0.5) is 0 Å². The number of nitrogens with zero attached hydrogens (tertiary/aromatic N) is 1. The van der Waals surface area contributed by atoms with E-state index in [4.69, 9.17) is 18.9 Å². The van der Waals surface area contributed by atoms with Crippen molar-refractivity contribution in [3.8, 4) is 0 Å². The van der Waals surface area contributed by atoms with Gasteiger partial charge in [0, 0.05) is 20.8 Å². The fourth-order valence-electron chi connectivity index (χ4n) is 2.54. The van der Waals surface area contributed by atoms with E-state index in [1.807, 2.05) is 0 Å². The number of thioether (sulfide) groups is 1. The minimum Gasteiger partial charge on any atom is -0.463 e. The van der Waals surface area contributed by atoms with Crippen LogP contribution in [-0.2, 0) is 33.3 Å². The molecule has 0 aromatic carbocycles. The summed E-state index contributed by atoms with van der Waals surface area (Å²) < 4.78 is 21.0. The van der Waals surface area contributed by atoms with Gasteiger partial charge in [0.1, 0.15) is 29.2 Å². The van der Waals surface area contributed by atoms with E-state index < -0.39 is 49.8 Å². The van der Waals surface area contributed by atoms with Gasteiger partial charge in [0.2, 0.25) is 0 Å². The van der Waals surface area contributed by atoms with Crippen molar-refractivity contribution < 1.29 is 33.3 Å². The molecule has 0 unspecified atom stereocenters. The molecule has 1 fully saturated rings. The highest BCUT2D eigenvalue weighted by atomic mass is 80.0. The number of rotatable bonds is 4. The average Bonchev–Trinajstić information content (AvgIpc) is 2.90. The molecule has 2 aliphatic rings. The SMILES string of the molecule is CC(=O)OC[C@H]1O[C@@H]2SC(C(Br)(Br)Br)=N[C@@H]2[C@@H](OC(C)=O)[C@@H]1OC(C)=O. The number of aliphatic imine (C=N–C) groups is 1. The van der Waals surface area contributed by atoms with Gasteiger partial charge in [0.25, 0.3) is 0 Å². The third-order valence-electron chi connectivity index (χ3n) is 3.41. The zero-order valence-corrected chi connectivity index (χ0v) is 19.5. The number of carbonyl (C=O) groups is 3. The van der Waals surface area contributed by atoms with Crippen LogP contribution >= 0.6 is 59.6 Å². The summed E-state index contributed by atoms with van der Waals surface area (Å²) in [5.41, 5.74) is -0.506. The maximum atomic E-state index is 11.6. The van der Waals surface area contributed by atoms with Crippen molar-refractivity contribution in [2.24, 2.45) is 4.99 Å². The van der Waals surface area contributed by atoms with Crippen LogP contribution in [0.3, 0.4) is 0 Å². The van der Waals surface area contributed by atoms with Crippen molar-refractivity contribution in [1.82, 2.24) is 0 Å². The van der Waals surface area contributed by atoms with Gasteiger partial charge in [0.15, 0.2) is 14.4 Å². The van der Waals surface area contributed by atoms with Crippen LogP contribution in [0.5, 0.6) is 0 Å². The highest BCUT2D eigenvalue weighted by Gasteiger charge is 2.54. The van der Waals surface area contributed by atoms with E-state index >= 15 is 0 Å². The predicted octanol–water partition coefficient (Wildman–Crippen LogP) is 2.49. The molecule has 0 aromatic heterocycles. The summed E-state index contributed by atoms with van der Waals surface area (Å²) in [5.74, 6) is -1.62. The van der Waals surface area contributed by atoms with Gasteiger partial charge in [-0.15, -0.1) is 0 Å². The van der Waals surface area contributed by atoms with Crippen molar-refractivity contribution >= 4 is 82.5 Å². The molecule has 0 saturated carbocycles. The van der Waals surface area contributed by atoms with E-state index in [1.165, 1.54) is 32.5 Å². The summed E-state index contributed by atoms with van der Waals surface area (Å²) in [4.78, 5) is 38.9. The molecule has 0 N–H and O–H groups in total. The molecule has 5 atom stereocenters. The number of fused-ring (bicyclic) bond motifs is 1. The van der Waals surface area contributed by atoms with E-state index in [0.717, 1.165) is 0 Å². The molecule has 2 rings (SSSR count). The largest absolute Gasteiger partial charge is 0.463 e. The van der Waals surface area contributed by atoms with Crippen molar-refractivity contribution in [2.45, 2.75) is 52.7 Å². The van der Waals surface area contributed by atoms with Crippen LogP contribution in [0.15, 0.2) is 4.99 Å². The van der Waals surface area contributed by atoms with E-state index in [0.29, 0.717) is 5.04 Å². The van der Waals surface area contributed by atoms with Gasteiger partial charge in [-0.25, -0.2) is 0 Å². The molecular formula is C14H16Br3NO7S. The lowest BCUT2D eigenvalue weighted by atomic mass is 9.98. The minimum absolute atomic E-state index is 0.147. The van der Waals surface area contributed by atoms with E-state index in [-0.39, 0.29) is 6.61 Å². The lowest BCUT2D eigenvalue weighted by Crippen LogP contribution is -2.59. The van der Waals surface area contributed by atoms with Crippen molar-refractivity contribution in [2.75, 3.05) is 6.61 Å². The van der Waals surface area contributed by atoms with Crippen LogP contribution in [0.1, 0.15) is 20.8 Å². The lowest BCUT2D eigenvalue weighted by molar-refractivity contribution is -0.208. The normalized spacial score (nSPS) is 30.8. The summed E-state index contributed by atoms with van der Waals surface area (Å²) in [6.07, 6.45) is -2.64. The minimum atomic E-state index is -0.962. The Balaban J connectivity index is 2.34. The Morgan fingerprint density at radius 3 is 2.15 bits per heavy atom. The van der Waals surface area contributed by atoms with Crippen LogP contribution in [-0.4, -0.2) is 61.5 Å². The Bertz CT molecular complexity index is 624. The summed E-state index contributed by atoms with van der Waals surface area (Å²) in [5, 5.41) is 0.611. The highest BCUT2D eigenvalue weighted by Crippen LogP contribution is 2.47. The Labute approximate surface area is 179 Å². The smallest absolute Gasteiger partial charge is 0.303 e. The van der Waals surface area contributed by atoms with Crippen LogP contribution in [0.2, 0.25) is 0 Å². The molecule has 0 aromatic rings. The Kier molecular flexibility index (Phi) is 7.56. The molecule has 8 nitrogen and oxygen atoms in total. The molecule has 0 radical (unpaired) electrons. The number of alkyl halides is 3. The number of carbonyl (C=O) groups excluding carboxylic acids is 3. The Morgan fingerprint density at radius 1 is 1.08 bits per heavy atom. The summed E-state index contributed by atoms with van der Waals surface area (Å²) in [7, 11) is 0. The van der Waals surface area contributed by atoms with Gasteiger partial charge in [-0.1, -0.05) is 59.6 Å². The number of hydrogen-bond acceptors (Lipinski definition) is 9. The number of ether oxygens (including phenoxy) is 4. The fourth-order valence-corrected chi connectivity index (χ4v) is 4.77. The van der Waals surface area contributed by atoms with Crippen LogP contribution in [0, 0.1) is 0 Å². The molecule has 0 bridgehead atoms. The molecule has 26 heavy (non-hydrogen) atoms. The van der Waals surface area contributed by atoms with E-state index in [1.54, 1.807) is 0 Å². The molecule has 12 heteroatoms. The molecule has 0 aliphatic carbocycles. The zero-order chi connectivity index (χ0) is 19.6. The van der Waals surface area contributed by atoms with Gasteiger partial charge >= 0.3 is 17.9 Å². The highest BCUT2D eigenvalue weighted by molar-refractivity contribution is 9.40. The molecule has 2 heterocycles. The maximum absolute atomic E-state index is 11.6. The Hall–Kier alpha value is -0.170. The van der Waals surface area contributed by atoms with E-state index in [9.17, 15) is 14.4 Å². The molecule has 1 saturated heterocycles. The third kappa shape index (κ3) is 5.66. The second-order valence-corrected chi connectivity index (χ2v) is 13.4. The fraction of sp³-hybridized carbons (Fsp3) is 0.714. The zero-order valence-electron chi connectivity index (χ0n) is 13.9. The summed E-state index contributed by atoms with van der Waals surface area (Å²) in [6.45, 7) is 3.61. The van der Waals surface area contributed by atoms with Crippen molar-refractivity contribution in [3.63, 3.8) is 0 Å². The second-order valence-electron chi connectivity index (χ2n) is 5.53. The number of esters is 3. The topological polar surface area (TPSA) is 100 Å². The van der Waals surface area contributed by atoms with Gasteiger partial charge < -0.3 is 18.9 Å². The molecule has 0 spiro atoms. The van der Waals surface area contributed by atoms with Crippen molar-refractivity contribution in [1.29, 1.82) is 0 Å². The second kappa shape index (κ2) is 8.89. The quantitative estimate of drug-likeness (QED) is 0.284. The van der Waals surface area contributed by atoms with Crippen LogP contribution in [0.25, 0.3) is 0 Å². The average molecular weight is 582 g/mol. The monoisotopic (exact) mass is 579 g/mol. The Morgan fingerprint density at radius 2 is 1.65 bits per heavy atom.